The van der Waals surface area contributed by atoms with Crippen molar-refractivity contribution in [2.75, 3.05) is 13.6 Å². The summed E-state index contributed by atoms with van der Waals surface area (Å²) in [7, 11) is 1.76. The number of amides is 1. The molecule has 0 fully saturated rings. The molecule has 0 saturated carbocycles. The Morgan fingerprint density at radius 1 is 1.45 bits per heavy atom. The lowest BCUT2D eigenvalue weighted by molar-refractivity contribution is -0.131. The van der Waals surface area contributed by atoms with E-state index in [4.69, 9.17) is 5.11 Å². The Hall–Kier alpha value is -1.40. The van der Waals surface area contributed by atoms with Gasteiger partial charge in [0.05, 0.1) is 11.6 Å². The van der Waals surface area contributed by atoms with E-state index in [1.54, 1.807) is 30.1 Å². The fourth-order valence-electron chi connectivity index (χ4n) is 1.66. The van der Waals surface area contributed by atoms with Gasteiger partial charge in [0.15, 0.2) is 0 Å². The molecule has 0 aliphatic heterocycles. The van der Waals surface area contributed by atoms with Crippen LogP contribution in [0.1, 0.15) is 29.8 Å². The fraction of sp³-hybridized carbons (Fsp3) is 0.429. The number of hydrogen-bond acceptors (Lipinski definition) is 3. The van der Waals surface area contributed by atoms with E-state index in [2.05, 4.69) is 21.2 Å². The quantitative estimate of drug-likeness (QED) is 0.830. The van der Waals surface area contributed by atoms with Crippen LogP contribution < -0.4 is 5.32 Å². The van der Waals surface area contributed by atoms with Gasteiger partial charge in [-0.05, 0) is 31.5 Å². The number of nitrogens with zero attached hydrogens (tertiary/aromatic N) is 1. The minimum atomic E-state index is -0.960. The van der Waals surface area contributed by atoms with Crippen molar-refractivity contribution < 1.29 is 14.7 Å². The largest absolute Gasteiger partial charge is 0.478 e. The first-order valence-corrected chi connectivity index (χ1v) is 7.16. The highest BCUT2D eigenvalue weighted by Gasteiger charge is 2.16. The highest BCUT2D eigenvalue weighted by molar-refractivity contribution is 9.10. The molecular weight excluding hydrogens is 324 g/mol. The van der Waals surface area contributed by atoms with Crippen LogP contribution in [0.4, 0.5) is 0 Å². The molecule has 0 bridgehead atoms. The molecule has 1 aromatic rings. The predicted octanol–water partition coefficient (Wildman–Crippen LogP) is 2.10. The highest BCUT2D eigenvalue weighted by Crippen LogP contribution is 2.18. The summed E-state index contributed by atoms with van der Waals surface area (Å²) in [5.74, 6) is -0.927. The molecule has 0 heterocycles. The summed E-state index contributed by atoms with van der Waals surface area (Å²) in [5.41, 5.74) is 1.14. The lowest BCUT2D eigenvalue weighted by atomic mass is 10.1. The summed E-state index contributed by atoms with van der Waals surface area (Å²) in [5, 5.41) is 12.0. The summed E-state index contributed by atoms with van der Waals surface area (Å²) >= 11 is 3.35. The highest BCUT2D eigenvalue weighted by atomic mass is 79.9. The Balaban J connectivity index is 2.66. The lowest BCUT2D eigenvalue weighted by Crippen LogP contribution is -2.42. The van der Waals surface area contributed by atoms with Crippen molar-refractivity contribution in [2.24, 2.45) is 0 Å². The molecule has 1 atom stereocenters. The van der Waals surface area contributed by atoms with E-state index in [1.165, 1.54) is 0 Å². The van der Waals surface area contributed by atoms with Crippen LogP contribution in [0.2, 0.25) is 0 Å². The van der Waals surface area contributed by atoms with E-state index in [-0.39, 0.29) is 17.5 Å². The van der Waals surface area contributed by atoms with Crippen LogP contribution >= 0.6 is 15.9 Å². The van der Waals surface area contributed by atoms with Crippen LogP contribution in [-0.2, 0) is 11.3 Å². The van der Waals surface area contributed by atoms with Crippen molar-refractivity contribution in [3.63, 3.8) is 0 Å². The number of carbonyl (C=O) groups is 2. The molecule has 1 unspecified atom stereocenters. The van der Waals surface area contributed by atoms with Gasteiger partial charge in [0, 0.05) is 24.6 Å². The van der Waals surface area contributed by atoms with Crippen molar-refractivity contribution in [2.45, 2.75) is 26.4 Å². The van der Waals surface area contributed by atoms with Crippen molar-refractivity contribution in [3.8, 4) is 0 Å². The summed E-state index contributed by atoms with van der Waals surface area (Å²) in [6.45, 7) is 4.90. The number of carbonyl (C=O) groups excluding carboxylic acids is 1. The maximum Gasteiger partial charge on any atom is 0.335 e. The topological polar surface area (TPSA) is 69.6 Å². The molecule has 110 valence electrons. The Bertz CT molecular complexity index is 505. The maximum absolute atomic E-state index is 11.9. The van der Waals surface area contributed by atoms with Gasteiger partial charge in [-0.3, -0.25) is 4.79 Å². The number of carboxylic acid groups (broad SMARTS) is 1. The van der Waals surface area contributed by atoms with Crippen LogP contribution in [0, 0.1) is 0 Å². The third kappa shape index (κ3) is 4.31. The second-order valence-corrected chi connectivity index (χ2v) is 5.42. The van der Waals surface area contributed by atoms with Crippen molar-refractivity contribution in [3.05, 3.63) is 33.8 Å². The first-order chi connectivity index (χ1) is 9.36. The number of aromatic carboxylic acids is 1. The number of halogens is 1. The van der Waals surface area contributed by atoms with Gasteiger partial charge in [0.1, 0.15) is 0 Å². The Labute approximate surface area is 127 Å². The molecule has 0 aliphatic rings. The number of hydrogen-bond donors (Lipinski definition) is 2. The van der Waals surface area contributed by atoms with Crippen LogP contribution in [-0.4, -0.2) is 41.5 Å². The first kappa shape index (κ1) is 16.7. The van der Waals surface area contributed by atoms with Gasteiger partial charge in [-0.25, -0.2) is 4.79 Å². The summed E-state index contributed by atoms with van der Waals surface area (Å²) in [4.78, 5) is 24.4. The van der Waals surface area contributed by atoms with Gasteiger partial charge in [-0.1, -0.05) is 22.0 Å². The Kier molecular flexibility index (Phi) is 6.16. The zero-order chi connectivity index (χ0) is 15.3. The molecule has 0 aliphatic carbocycles. The molecule has 0 spiro atoms. The smallest absolute Gasteiger partial charge is 0.335 e. The van der Waals surface area contributed by atoms with Crippen LogP contribution in [0.15, 0.2) is 22.7 Å². The monoisotopic (exact) mass is 342 g/mol. The van der Waals surface area contributed by atoms with Crippen LogP contribution in [0.5, 0.6) is 0 Å². The second-order valence-electron chi connectivity index (χ2n) is 4.57. The van der Waals surface area contributed by atoms with Gasteiger partial charge in [-0.15, -0.1) is 0 Å². The van der Waals surface area contributed by atoms with Gasteiger partial charge in [0.2, 0.25) is 5.91 Å². The average Bonchev–Trinajstić information content (AvgIpc) is 2.43. The number of benzene rings is 1. The minimum Gasteiger partial charge on any atom is -0.478 e. The average molecular weight is 343 g/mol. The molecule has 20 heavy (non-hydrogen) atoms. The van der Waals surface area contributed by atoms with E-state index in [0.717, 1.165) is 5.56 Å². The molecular formula is C14H19BrN2O3. The molecule has 0 saturated heterocycles. The van der Waals surface area contributed by atoms with Gasteiger partial charge in [0.25, 0.3) is 0 Å². The maximum atomic E-state index is 11.9. The van der Waals surface area contributed by atoms with E-state index in [1.807, 2.05) is 13.8 Å². The normalized spacial score (nSPS) is 12.0. The van der Waals surface area contributed by atoms with E-state index in [0.29, 0.717) is 17.6 Å². The standard InChI is InChI=1S/C14H19BrN2O3/c1-4-17(3)13(18)9(2)16-8-11-6-5-10(14(19)20)7-12(11)15/h5-7,9,16H,4,8H2,1-3H3,(H,19,20). The predicted molar refractivity (Wildman–Crippen MR) is 80.7 cm³/mol. The van der Waals surface area contributed by atoms with Crippen molar-refractivity contribution in [1.29, 1.82) is 0 Å². The van der Waals surface area contributed by atoms with E-state index in [9.17, 15) is 9.59 Å². The first-order valence-electron chi connectivity index (χ1n) is 6.36. The zero-order valence-electron chi connectivity index (χ0n) is 11.8. The molecule has 1 amide bonds. The molecule has 0 aromatic heterocycles. The summed E-state index contributed by atoms with van der Waals surface area (Å²) in [6, 6.07) is 4.56. The van der Waals surface area contributed by atoms with E-state index >= 15 is 0 Å². The zero-order valence-corrected chi connectivity index (χ0v) is 13.4. The minimum absolute atomic E-state index is 0.0331. The number of rotatable bonds is 6. The SMILES string of the molecule is CCN(C)C(=O)C(C)NCc1ccc(C(=O)O)cc1Br. The van der Waals surface area contributed by atoms with Crippen LogP contribution in [0.25, 0.3) is 0 Å². The number of likely N-dealkylation sites (N-methyl/N-ethyl adjacent to an activating group) is 1. The second kappa shape index (κ2) is 7.40. The molecule has 5 nitrogen and oxygen atoms in total. The van der Waals surface area contributed by atoms with Crippen molar-refractivity contribution in [1.82, 2.24) is 10.2 Å². The summed E-state index contributed by atoms with van der Waals surface area (Å²) < 4.78 is 0.716. The van der Waals surface area contributed by atoms with Crippen LogP contribution in [0.3, 0.4) is 0 Å². The Morgan fingerprint density at radius 3 is 2.60 bits per heavy atom. The van der Waals surface area contributed by atoms with Gasteiger partial charge in [-0.2, -0.15) is 0 Å². The molecule has 6 heteroatoms. The van der Waals surface area contributed by atoms with E-state index < -0.39 is 5.97 Å². The molecule has 0 radical (unpaired) electrons. The third-order valence-corrected chi connectivity index (χ3v) is 3.86. The third-order valence-electron chi connectivity index (χ3n) is 3.12. The summed E-state index contributed by atoms with van der Waals surface area (Å²) in [6.07, 6.45) is 0. The van der Waals surface area contributed by atoms with Crippen molar-refractivity contribution >= 4 is 27.8 Å². The molecule has 1 rings (SSSR count). The Morgan fingerprint density at radius 2 is 2.10 bits per heavy atom. The molecule has 1 aromatic carbocycles. The number of carboxylic acids is 1. The molecule has 2 N–H and O–H groups in total. The fourth-order valence-corrected chi connectivity index (χ4v) is 2.18. The van der Waals surface area contributed by atoms with Gasteiger partial charge >= 0.3 is 5.97 Å². The lowest BCUT2D eigenvalue weighted by Gasteiger charge is -2.20. The number of nitrogens with one attached hydrogen (secondary N) is 1. The van der Waals surface area contributed by atoms with Gasteiger partial charge < -0.3 is 15.3 Å².